The van der Waals surface area contributed by atoms with Crippen LogP contribution in [0.3, 0.4) is 0 Å². The summed E-state index contributed by atoms with van der Waals surface area (Å²) in [5, 5.41) is 0. The second-order valence-electron chi connectivity index (χ2n) is 8.30. The number of hydrogen-bond donors (Lipinski definition) is 0. The number of benzene rings is 1. The predicted octanol–water partition coefficient (Wildman–Crippen LogP) is 4.74. The van der Waals surface area contributed by atoms with Gasteiger partial charge >= 0.3 is 5.97 Å². The Labute approximate surface area is 197 Å². The average molecular weight is 472 g/mol. The molecule has 1 aliphatic rings. The third-order valence-corrected chi connectivity index (χ3v) is 6.63. The van der Waals surface area contributed by atoms with Gasteiger partial charge < -0.3 is 23.4 Å². The lowest BCUT2D eigenvalue weighted by molar-refractivity contribution is -0.272. The molecule has 3 aromatic rings. The van der Waals surface area contributed by atoms with Crippen LogP contribution in [0.25, 0.3) is 10.8 Å². The molecule has 0 unspecified atom stereocenters. The number of aryl methyl sites for hydroxylation is 2. The summed E-state index contributed by atoms with van der Waals surface area (Å²) >= 11 is 1.68. The van der Waals surface area contributed by atoms with E-state index >= 15 is 0 Å². The predicted molar refractivity (Wildman–Crippen MR) is 124 cm³/mol. The molecule has 0 N–H and O–H groups in total. The smallest absolute Gasteiger partial charge is 0.366 e. The molecule has 3 heterocycles. The van der Waals surface area contributed by atoms with Gasteiger partial charge in [-0.05, 0) is 50.1 Å². The van der Waals surface area contributed by atoms with Crippen molar-refractivity contribution in [1.29, 1.82) is 0 Å². The molecule has 0 atom stereocenters. The van der Waals surface area contributed by atoms with Crippen molar-refractivity contribution in [2.45, 2.75) is 39.4 Å². The van der Waals surface area contributed by atoms with E-state index in [4.69, 9.17) is 23.4 Å². The second kappa shape index (κ2) is 10.1. The molecule has 0 saturated carbocycles. The van der Waals surface area contributed by atoms with E-state index in [1.54, 1.807) is 18.3 Å². The molecule has 0 aliphatic carbocycles. The molecule has 2 aromatic heterocycles. The van der Waals surface area contributed by atoms with Gasteiger partial charge in [-0.15, -0.1) is 11.3 Å². The van der Waals surface area contributed by atoms with Crippen LogP contribution in [0.15, 0.2) is 40.8 Å². The van der Waals surface area contributed by atoms with Crippen molar-refractivity contribution in [2.24, 2.45) is 5.92 Å². The Morgan fingerprint density at radius 3 is 2.52 bits per heavy atom. The van der Waals surface area contributed by atoms with Gasteiger partial charge in [0.05, 0.1) is 37.5 Å². The van der Waals surface area contributed by atoms with Crippen LogP contribution in [0.4, 0.5) is 0 Å². The van der Waals surface area contributed by atoms with Crippen molar-refractivity contribution in [3.63, 3.8) is 0 Å². The van der Waals surface area contributed by atoms with Crippen molar-refractivity contribution in [3.05, 3.63) is 58.3 Å². The fourth-order valence-corrected chi connectivity index (χ4v) is 4.49. The first-order valence-electron chi connectivity index (χ1n) is 11.0. The molecule has 0 spiro atoms. The maximum atomic E-state index is 11.8. The van der Waals surface area contributed by atoms with Crippen LogP contribution in [0.2, 0.25) is 0 Å². The van der Waals surface area contributed by atoms with E-state index in [2.05, 4.69) is 18.0 Å². The summed E-state index contributed by atoms with van der Waals surface area (Å²) in [6, 6.07) is 12.1. The maximum Gasteiger partial charge on any atom is 0.366 e. The van der Waals surface area contributed by atoms with Gasteiger partial charge in [-0.25, -0.2) is 9.78 Å². The van der Waals surface area contributed by atoms with Gasteiger partial charge in [-0.1, -0.05) is 12.1 Å². The Hall–Kier alpha value is -2.68. The minimum absolute atomic E-state index is 0.172. The van der Waals surface area contributed by atoms with E-state index in [0.717, 1.165) is 34.1 Å². The van der Waals surface area contributed by atoms with E-state index in [1.165, 1.54) is 12.0 Å². The summed E-state index contributed by atoms with van der Waals surface area (Å²) < 4.78 is 27.7. The molecule has 1 aromatic carbocycles. The first-order valence-corrected chi connectivity index (χ1v) is 11.8. The fourth-order valence-electron chi connectivity index (χ4n) is 3.70. The van der Waals surface area contributed by atoms with Gasteiger partial charge in [-0.3, -0.25) is 0 Å². The van der Waals surface area contributed by atoms with Crippen molar-refractivity contribution in [3.8, 4) is 16.5 Å². The molecule has 1 fully saturated rings. The van der Waals surface area contributed by atoms with Crippen molar-refractivity contribution in [2.75, 3.05) is 26.9 Å². The zero-order chi connectivity index (χ0) is 23.4. The maximum absolute atomic E-state index is 11.8. The number of methoxy groups -OCH3 is 1. The molecular formula is C25H29NO6S. The number of esters is 1. The number of hydrogen-bond acceptors (Lipinski definition) is 8. The van der Waals surface area contributed by atoms with Gasteiger partial charge in [0.15, 0.2) is 0 Å². The average Bonchev–Trinajstić information content (AvgIpc) is 3.41. The van der Waals surface area contributed by atoms with Crippen molar-refractivity contribution >= 4 is 17.3 Å². The van der Waals surface area contributed by atoms with Gasteiger partial charge in [0.2, 0.25) is 5.89 Å². The summed E-state index contributed by atoms with van der Waals surface area (Å²) in [5.41, 5.74) is 2.08. The number of ether oxygens (including phenoxy) is 4. The van der Waals surface area contributed by atoms with Crippen LogP contribution >= 0.6 is 11.3 Å². The number of aromatic nitrogens is 1. The normalized spacial score (nSPS) is 20.5. The summed E-state index contributed by atoms with van der Waals surface area (Å²) in [6.45, 7) is 6.99. The van der Waals surface area contributed by atoms with E-state index in [9.17, 15) is 4.79 Å². The van der Waals surface area contributed by atoms with E-state index in [-0.39, 0.29) is 5.92 Å². The molecule has 8 heteroatoms. The summed E-state index contributed by atoms with van der Waals surface area (Å²) in [4.78, 5) is 18.7. The van der Waals surface area contributed by atoms with Crippen LogP contribution in [-0.2, 0) is 31.8 Å². The Balaban J connectivity index is 1.24. The first-order chi connectivity index (χ1) is 15.9. The van der Waals surface area contributed by atoms with Gasteiger partial charge in [0.1, 0.15) is 11.5 Å². The summed E-state index contributed by atoms with van der Waals surface area (Å²) in [6.07, 6.45) is 1.47. The monoisotopic (exact) mass is 471 g/mol. The van der Waals surface area contributed by atoms with Gasteiger partial charge in [-0.2, -0.15) is 0 Å². The van der Waals surface area contributed by atoms with E-state index < -0.39 is 11.8 Å². The highest BCUT2D eigenvalue weighted by Crippen LogP contribution is 2.29. The molecule has 1 aliphatic heterocycles. The Kier molecular flexibility index (Phi) is 7.17. The third-order valence-electron chi connectivity index (χ3n) is 5.64. The quantitative estimate of drug-likeness (QED) is 0.439. The number of oxazole rings is 1. The number of nitrogens with zero attached hydrogens (tertiary/aromatic N) is 1. The van der Waals surface area contributed by atoms with E-state index in [1.807, 2.05) is 37.3 Å². The largest absolute Gasteiger partial charge is 0.493 e. The Bertz CT molecular complexity index is 1080. The van der Waals surface area contributed by atoms with Crippen LogP contribution in [-0.4, -0.2) is 43.7 Å². The minimum atomic E-state index is -1.31. The Morgan fingerprint density at radius 1 is 1.15 bits per heavy atom. The number of carbonyl (C=O) groups is 1. The first kappa shape index (κ1) is 23.5. The highest BCUT2D eigenvalue weighted by Gasteiger charge is 2.41. The topological polar surface area (TPSA) is 80.0 Å². The van der Waals surface area contributed by atoms with Crippen molar-refractivity contribution in [1.82, 2.24) is 4.98 Å². The highest BCUT2D eigenvalue weighted by molar-refractivity contribution is 7.15. The zero-order valence-electron chi connectivity index (χ0n) is 19.4. The van der Waals surface area contributed by atoms with Crippen LogP contribution in [0, 0.1) is 19.8 Å². The Morgan fingerprint density at radius 2 is 1.88 bits per heavy atom. The van der Waals surface area contributed by atoms with Gasteiger partial charge in [0.25, 0.3) is 5.79 Å². The van der Waals surface area contributed by atoms with Crippen molar-refractivity contribution < 1.29 is 28.2 Å². The standard InChI is InChI=1S/C25H29NO6S/c1-16-5-10-22(33-16)23-26-21(17(2)32-23)11-12-29-20-8-6-18(7-9-20)13-19-14-30-25(3,31-15-19)24(27)28-4/h5-10,19H,11-15H2,1-4H3/t19-,25+. The lowest BCUT2D eigenvalue weighted by atomic mass is 9.99. The summed E-state index contributed by atoms with van der Waals surface area (Å²) in [7, 11) is 1.33. The summed E-state index contributed by atoms with van der Waals surface area (Å²) in [5.74, 6) is 0.660. The molecule has 4 rings (SSSR count). The fraction of sp³-hybridized carbons (Fsp3) is 0.440. The number of thiophene rings is 1. The SMILES string of the molecule is COC(=O)[C@]1(C)OC[C@H](Cc2ccc(OCCc3nc(-c4ccc(C)s4)oc3C)cc2)CO1. The zero-order valence-corrected chi connectivity index (χ0v) is 20.2. The molecular weight excluding hydrogens is 442 g/mol. The van der Waals surface area contributed by atoms with Gasteiger partial charge in [0, 0.05) is 24.1 Å². The molecule has 33 heavy (non-hydrogen) atoms. The number of carbonyl (C=O) groups excluding carboxylic acids is 1. The van der Waals surface area contributed by atoms with Crippen LogP contribution in [0.5, 0.6) is 5.75 Å². The lowest BCUT2D eigenvalue weighted by Crippen LogP contribution is -2.48. The highest BCUT2D eigenvalue weighted by atomic mass is 32.1. The molecule has 0 bridgehead atoms. The van der Waals surface area contributed by atoms with Crippen LogP contribution < -0.4 is 4.74 Å². The molecule has 0 radical (unpaired) electrons. The van der Waals surface area contributed by atoms with E-state index in [0.29, 0.717) is 32.1 Å². The number of rotatable bonds is 8. The molecule has 0 amide bonds. The molecule has 176 valence electrons. The molecule has 1 saturated heterocycles. The minimum Gasteiger partial charge on any atom is -0.493 e. The third kappa shape index (κ3) is 5.63. The second-order valence-corrected chi connectivity index (χ2v) is 9.59. The molecule has 7 nitrogen and oxygen atoms in total. The lowest BCUT2D eigenvalue weighted by Gasteiger charge is -2.35. The van der Waals surface area contributed by atoms with Crippen LogP contribution in [0.1, 0.15) is 28.8 Å².